The monoisotopic (exact) mass is 297 g/mol. The summed E-state index contributed by atoms with van der Waals surface area (Å²) in [7, 11) is 1.64. The lowest BCUT2D eigenvalue weighted by molar-refractivity contribution is 0.107. The number of hydrogen-bond donors (Lipinski definition) is 0. The third-order valence-corrected chi connectivity index (χ3v) is 3.14. The summed E-state index contributed by atoms with van der Waals surface area (Å²) >= 11 is 11.8. The molecule has 0 saturated carbocycles. The number of halogens is 2. The van der Waals surface area contributed by atoms with Gasteiger partial charge in [-0.25, -0.2) is 4.98 Å². The van der Waals surface area contributed by atoms with Crippen LogP contribution < -0.4 is 4.74 Å². The summed E-state index contributed by atoms with van der Waals surface area (Å²) in [6, 6.07) is 9.32. The van der Waals surface area contributed by atoms with Gasteiger partial charge in [0.1, 0.15) is 10.9 Å². The van der Waals surface area contributed by atoms with Gasteiger partial charge in [-0.3, -0.25) is 0 Å². The zero-order valence-corrected chi connectivity index (χ0v) is 11.9. The third kappa shape index (κ3) is 4.10. The van der Waals surface area contributed by atoms with Crippen molar-refractivity contribution in [1.82, 2.24) is 4.98 Å². The topological polar surface area (TPSA) is 31.4 Å². The predicted octanol–water partition coefficient (Wildman–Crippen LogP) is 4.11. The van der Waals surface area contributed by atoms with Crippen molar-refractivity contribution in [2.45, 2.75) is 13.2 Å². The van der Waals surface area contributed by atoms with E-state index in [0.717, 1.165) is 16.9 Å². The average molecular weight is 298 g/mol. The number of methoxy groups -OCH3 is 1. The quantitative estimate of drug-likeness (QED) is 0.778. The molecule has 0 spiro atoms. The molecule has 0 unspecified atom stereocenters. The van der Waals surface area contributed by atoms with E-state index < -0.39 is 0 Å². The van der Waals surface area contributed by atoms with Crippen LogP contribution in [0.3, 0.4) is 0 Å². The van der Waals surface area contributed by atoms with Crippen LogP contribution in [0.15, 0.2) is 36.5 Å². The van der Waals surface area contributed by atoms with Crippen molar-refractivity contribution >= 4 is 23.2 Å². The Morgan fingerprint density at radius 1 is 1.11 bits per heavy atom. The van der Waals surface area contributed by atoms with Crippen LogP contribution in [0.2, 0.25) is 10.2 Å². The summed E-state index contributed by atoms with van der Waals surface area (Å²) in [6.07, 6.45) is 1.62. The van der Waals surface area contributed by atoms with Gasteiger partial charge in [-0.05, 0) is 23.8 Å². The van der Waals surface area contributed by atoms with E-state index in [0.29, 0.717) is 23.4 Å². The number of nitrogens with zero attached hydrogens (tertiary/aromatic N) is 1. The molecule has 0 radical (unpaired) electrons. The first kappa shape index (κ1) is 14.1. The molecule has 3 nitrogen and oxygen atoms in total. The molecule has 0 N–H and O–H groups in total. The van der Waals surface area contributed by atoms with E-state index >= 15 is 0 Å². The maximum Gasteiger partial charge on any atom is 0.130 e. The van der Waals surface area contributed by atoms with Gasteiger partial charge in [0.05, 0.1) is 25.3 Å². The van der Waals surface area contributed by atoms with Gasteiger partial charge in [-0.15, -0.1) is 0 Å². The zero-order chi connectivity index (χ0) is 13.7. The van der Waals surface area contributed by atoms with E-state index in [9.17, 15) is 0 Å². The van der Waals surface area contributed by atoms with E-state index in [1.54, 1.807) is 19.4 Å². The molecule has 0 bridgehead atoms. The number of benzene rings is 1. The van der Waals surface area contributed by atoms with Crippen molar-refractivity contribution in [3.63, 3.8) is 0 Å². The van der Waals surface area contributed by atoms with Crippen molar-refractivity contribution in [2.75, 3.05) is 7.11 Å². The van der Waals surface area contributed by atoms with Crippen LogP contribution in [0.4, 0.5) is 0 Å². The van der Waals surface area contributed by atoms with Crippen LogP contribution in [-0.2, 0) is 18.0 Å². The van der Waals surface area contributed by atoms with E-state index in [1.165, 1.54) is 0 Å². The fourth-order valence-electron chi connectivity index (χ4n) is 1.54. The number of aromatic nitrogens is 1. The smallest absolute Gasteiger partial charge is 0.130 e. The average Bonchev–Trinajstić information content (AvgIpc) is 2.42. The van der Waals surface area contributed by atoms with Crippen molar-refractivity contribution < 1.29 is 9.47 Å². The third-order valence-electron chi connectivity index (χ3n) is 2.58. The van der Waals surface area contributed by atoms with Gasteiger partial charge < -0.3 is 9.47 Å². The molecule has 100 valence electrons. The van der Waals surface area contributed by atoms with Gasteiger partial charge in [0.2, 0.25) is 0 Å². The molecule has 0 aliphatic heterocycles. The molecular formula is C14H13Cl2NO2. The van der Waals surface area contributed by atoms with Gasteiger partial charge in [0, 0.05) is 11.8 Å². The van der Waals surface area contributed by atoms with Crippen molar-refractivity contribution in [3.05, 3.63) is 57.8 Å². The highest BCUT2D eigenvalue weighted by Gasteiger charge is 2.03. The number of pyridine rings is 1. The zero-order valence-electron chi connectivity index (χ0n) is 10.4. The van der Waals surface area contributed by atoms with Crippen LogP contribution in [0.1, 0.15) is 11.1 Å². The van der Waals surface area contributed by atoms with Gasteiger partial charge in [0.25, 0.3) is 0 Å². The summed E-state index contributed by atoms with van der Waals surface area (Å²) < 4.78 is 10.7. The lowest BCUT2D eigenvalue weighted by Crippen LogP contribution is -1.96. The molecule has 5 heteroatoms. The van der Waals surface area contributed by atoms with Crippen molar-refractivity contribution in [2.24, 2.45) is 0 Å². The first-order chi connectivity index (χ1) is 9.19. The SMILES string of the molecule is COc1ccc(COCc2cnc(Cl)cc2Cl)cc1. The van der Waals surface area contributed by atoms with E-state index in [-0.39, 0.29) is 0 Å². The summed E-state index contributed by atoms with van der Waals surface area (Å²) in [5, 5.41) is 0.943. The van der Waals surface area contributed by atoms with E-state index in [4.69, 9.17) is 32.7 Å². The fraction of sp³-hybridized carbons (Fsp3) is 0.214. The Hall–Kier alpha value is -1.29. The molecule has 2 rings (SSSR count). The Kier molecular flexibility index (Phi) is 5.02. The Morgan fingerprint density at radius 2 is 1.84 bits per heavy atom. The van der Waals surface area contributed by atoms with Crippen LogP contribution in [0.5, 0.6) is 5.75 Å². The first-order valence-corrected chi connectivity index (χ1v) is 6.45. The van der Waals surface area contributed by atoms with Crippen molar-refractivity contribution in [3.8, 4) is 5.75 Å². The minimum atomic E-state index is 0.379. The molecule has 1 aromatic heterocycles. The van der Waals surface area contributed by atoms with Gasteiger partial charge >= 0.3 is 0 Å². The van der Waals surface area contributed by atoms with Gasteiger partial charge in [0.15, 0.2) is 0 Å². The molecule has 19 heavy (non-hydrogen) atoms. The fourth-order valence-corrected chi connectivity index (χ4v) is 1.96. The summed E-state index contributed by atoms with van der Waals surface area (Å²) in [4.78, 5) is 3.97. The van der Waals surface area contributed by atoms with Crippen molar-refractivity contribution in [1.29, 1.82) is 0 Å². The normalized spacial score (nSPS) is 10.5. The second kappa shape index (κ2) is 6.75. The highest BCUT2D eigenvalue weighted by atomic mass is 35.5. The Labute approximate surface area is 122 Å². The summed E-state index contributed by atoms with van der Waals surface area (Å²) in [5.41, 5.74) is 1.89. The summed E-state index contributed by atoms with van der Waals surface area (Å²) in [5.74, 6) is 0.827. The minimum Gasteiger partial charge on any atom is -0.497 e. The van der Waals surface area contributed by atoms with Gasteiger partial charge in [-0.1, -0.05) is 35.3 Å². The lowest BCUT2D eigenvalue weighted by Gasteiger charge is -2.07. The second-order valence-corrected chi connectivity index (χ2v) is 4.73. The highest BCUT2D eigenvalue weighted by molar-refractivity contribution is 6.34. The predicted molar refractivity (Wildman–Crippen MR) is 75.7 cm³/mol. The maximum absolute atomic E-state index is 6.03. The first-order valence-electron chi connectivity index (χ1n) is 5.69. The standard InChI is InChI=1S/C14H13Cl2NO2/c1-18-12-4-2-10(3-5-12)8-19-9-11-7-17-14(16)6-13(11)15/h2-7H,8-9H2,1H3. The molecule has 2 aromatic rings. The summed E-state index contributed by atoms with van der Waals surface area (Å²) in [6.45, 7) is 0.901. The van der Waals surface area contributed by atoms with E-state index in [2.05, 4.69) is 4.98 Å². The van der Waals surface area contributed by atoms with Gasteiger partial charge in [-0.2, -0.15) is 0 Å². The Balaban J connectivity index is 1.88. The largest absolute Gasteiger partial charge is 0.497 e. The van der Waals surface area contributed by atoms with Crippen LogP contribution in [-0.4, -0.2) is 12.1 Å². The molecule has 0 aliphatic rings. The van der Waals surface area contributed by atoms with Crippen LogP contribution >= 0.6 is 23.2 Å². The number of ether oxygens (including phenoxy) is 2. The second-order valence-electron chi connectivity index (χ2n) is 3.94. The molecule has 0 saturated heterocycles. The lowest BCUT2D eigenvalue weighted by atomic mass is 10.2. The molecule has 0 amide bonds. The maximum atomic E-state index is 6.03. The molecule has 1 heterocycles. The Bertz CT molecular complexity index is 544. The molecular weight excluding hydrogens is 285 g/mol. The molecule has 0 aliphatic carbocycles. The molecule has 0 fully saturated rings. The highest BCUT2D eigenvalue weighted by Crippen LogP contribution is 2.20. The molecule has 0 atom stereocenters. The Morgan fingerprint density at radius 3 is 2.47 bits per heavy atom. The molecule has 1 aromatic carbocycles. The van der Waals surface area contributed by atoms with Crippen LogP contribution in [0, 0.1) is 0 Å². The number of hydrogen-bond acceptors (Lipinski definition) is 3. The van der Waals surface area contributed by atoms with Crippen LogP contribution in [0.25, 0.3) is 0 Å². The van der Waals surface area contributed by atoms with E-state index in [1.807, 2.05) is 24.3 Å². The minimum absolute atomic E-state index is 0.379. The number of rotatable bonds is 5.